The van der Waals surface area contributed by atoms with E-state index in [1.165, 1.54) is 17.9 Å². The van der Waals surface area contributed by atoms with Crippen LogP contribution < -0.4 is 11.2 Å². The zero-order valence-corrected chi connectivity index (χ0v) is 15.2. The molecule has 1 aromatic carbocycles. The quantitative estimate of drug-likeness (QED) is 0.870. The molecule has 2 fully saturated rings. The molecule has 8 heteroatoms. The molecule has 27 heavy (non-hydrogen) atoms. The Labute approximate surface area is 155 Å². The van der Waals surface area contributed by atoms with Crippen LogP contribution in [0.1, 0.15) is 29.9 Å². The Kier molecular flexibility index (Phi) is 4.96. The summed E-state index contributed by atoms with van der Waals surface area (Å²) in [6.07, 6.45) is 0.362. The van der Waals surface area contributed by atoms with E-state index in [0.717, 1.165) is 5.56 Å². The Balaban J connectivity index is 1.60. The number of hydrogen-bond donors (Lipinski definition) is 1. The smallest absolute Gasteiger partial charge is 0.328 e. The van der Waals surface area contributed by atoms with Crippen molar-refractivity contribution < 1.29 is 18.9 Å². The molecule has 2 aliphatic heterocycles. The van der Waals surface area contributed by atoms with Crippen molar-refractivity contribution in [3.63, 3.8) is 0 Å². The molecule has 1 N–H and O–H groups in total. The van der Waals surface area contributed by atoms with Gasteiger partial charge in [-0.3, -0.25) is 14.3 Å². The Morgan fingerprint density at radius 1 is 1.15 bits per heavy atom. The molecule has 4 rings (SSSR count). The Morgan fingerprint density at radius 2 is 1.93 bits per heavy atom. The molecule has 1 aromatic heterocycles. The second-order valence-corrected chi connectivity index (χ2v) is 6.81. The minimum Gasteiger partial charge on any atom is -0.354 e. The molecular formula is C19H22N2O6. The number of benzene rings is 1. The van der Waals surface area contributed by atoms with Crippen LogP contribution in [0.3, 0.4) is 0 Å². The number of nitrogens with zero attached hydrogens (tertiary/aromatic N) is 1. The van der Waals surface area contributed by atoms with Crippen LogP contribution >= 0.6 is 0 Å². The molecule has 0 radical (unpaired) electrons. The average molecular weight is 374 g/mol. The van der Waals surface area contributed by atoms with Crippen LogP contribution in [-0.4, -0.2) is 41.8 Å². The average Bonchev–Trinajstić information content (AvgIpc) is 2.70. The largest absolute Gasteiger partial charge is 0.354 e. The van der Waals surface area contributed by atoms with E-state index in [9.17, 15) is 9.59 Å². The van der Waals surface area contributed by atoms with Gasteiger partial charge in [-0.25, -0.2) is 4.79 Å². The summed E-state index contributed by atoms with van der Waals surface area (Å²) in [5.74, 6) is 0. The number of fused-ring (bicyclic) bond motifs is 1. The highest BCUT2D eigenvalue weighted by Gasteiger charge is 2.44. The van der Waals surface area contributed by atoms with Gasteiger partial charge < -0.3 is 18.9 Å². The van der Waals surface area contributed by atoms with E-state index in [2.05, 4.69) is 4.98 Å². The van der Waals surface area contributed by atoms with E-state index in [0.29, 0.717) is 18.6 Å². The lowest BCUT2D eigenvalue weighted by Gasteiger charge is -2.45. The van der Waals surface area contributed by atoms with Gasteiger partial charge in [-0.15, -0.1) is 0 Å². The normalized spacial score (nSPS) is 30.7. The van der Waals surface area contributed by atoms with Crippen molar-refractivity contribution in [3.05, 3.63) is 68.5 Å². The van der Waals surface area contributed by atoms with Crippen LogP contribution in [-0.2, 0) is 18.9 Å². The topological polar surface area (TPSA) is 91.8 Å². The number of H-pyrrole nitrogens is 1. The van der Waals surface area contributed by atoms with Gasteiger partial charge in [0.1, 0.15) is 6.10 Å². The fraction of sp³-hybridized carbons (Fsp3) is 0.474. The Morgan fingerprint density at radius 3 is 2.67 bits per heavy atom. The summed E-state index contributed by atoms with van der Waals surface area (Å²) in [5.41, 5.74) is 0.484. The van der Waals surface area contributed by atoms with Gasteiger partial charge in [0.25, 0.3) is 5.56 Å². The van der Waals surface area contributed by atoms with Gasteiger partial charge in [-0.05, 0) is 6.92 Å². The third-order valence-electron chi connectivity index (χ3n) is 5.03. The Bertz CT molecular complexity index is 908. The van der Waals surface area contributed by atoms with Crippen LogP contribution in [0.4, 0.5) is 0 Å². The lowest BCUT2D eigenvalue weighted by Crippen LogP contribution is -2.53. The van der Waals surface area contributed by atoms with Crippen molar-refractivity contribution >= 4 is 0 Å². The fourth-order valence-electron chi connectivity index (χ4n) is 3.60. The van der Waals surface area contributed by atoms with Crippen molar-refractivity contribution in [2.75, 3.05) is 13.7 Å². The van der Waals surface area contributed by atoms with Gasteiger partial charge in [0.2, 0.25) is 0 Å². The summed E-state index contributed by atoms with van der Waals surface area (Å²) in [6, 6.07) is 9.26. The van der Waals surface area contributed by atoms with Crippen molar-refractivity contribution in [1.29, 1.82) is 0 Å². The number of aromatic amines is 1. The van der Waals surface area contributed by atoms with Crippen LogP contribution in [0.5, 0.6) is 0 Å². The predicted octanol–water partition coefficient (Wildman–Crippen LogP) is 1.26. The van der Waals surface area contributed by atoms with Gasteiger partial charge in [0.15, 0.2) is 12.6 Å². The summed E-state index contributed by atoms with van der Waals surface area (Å²) in [6.45, 7) is 2.02. The minimum atomic E-state index is -0.644. The molecule has 2 aromatic rings. The van der Waals surface area contributed by atoms with Gasteiger partial charge >= 0.3 is 5.69 Å². The molecule has 2 unspecified atom stereocenters. The first kappa shape index (κ1) is 18.1. The number of methoxy groups -OCH3 is 1. The molecule has 2 saturated heterocycles. The van der Waals surface area contributed by atoms with Crippen LogP contribution in [0.25, 0.3) is 0 Å². The molecule has 0 saturated carbocycles. The molecule has 0 spiro atoms. The first-order valence-corrected chi connectivity index (χ1v) is 8.89. The third kappa shape index (κ3) is 3.49. The molecule has 144 valence electrons. The van der Waals surface area contributed by atoms with Crippen molar-refractivity contribution in [1.82, 2.24) is 9.55 Å². The molecule has 3 heterocycles. The predicted molar refractivity (Wildman–Crippen MR) is 95.4 cm³/mol. The summed E-state index contributed by atoms with van der Waals surface area (Å²) in [4.78, 5) is 26.3. The lowest BCUT2D eigenvalue weighted by atomic mass is 9.99. The second kappa shape index (κ2) is 7.40. The van der Waals surface area contributed by atoms with Crippen molar-refractivity contribution in [2.24, 2.45) is 0 Å². The maximum absolute atomic E-state index is 12.3. The molecule has 5 atom stereocenters. The summed E-state index contributed by atoms with van der Waals surface area (Å²) < 4.78 is 24.8. The zero-order valence-electron chi connectivity index (χ0n) is 15.2. The monoisotopic (exact) mass is 374 g/mol. The number of ether oxygens (including phenoxy) is 4. The Hall–Kier alpha value is -2.26. The molecule has 8 nitrogen and oxygen atoms in total. The maximum atomic E-state index is 12.3. The van der Waals surface area contributed by atoms with E-state index in [1.54, 1.807) is 6.92 Å². The number of aromatic nitrogens is 2. The van der Waals surface area contributed by atoms with Crippen LogP contribution in [0.2, 0.25) is 0 Å². The molecular weight excluding hydrogens is 352 g/mol. The highest BCUT2D eigenvalue weighted by Crippen LogP contribution is 2.37. The maximum Gasteiger partial charge on any atom is 0.328 e. The van der Waals surface area contributed by atoms with Crippen molar-refractivity contribution in [3.8, 4) is 0 Å². The second-order valence-electron chi connectivity index (χ2n) is 6.81. The SMILES string of the molecule is COC1O[C@@H]2COC(c3ccccc3)O[C@H]2C[C@@H]1n1cc(C)c(=O)[nH]c1=O. The highest BCUT2D eigenvalue weighted by atomic mass is 16.7. The van der Waals surface area contributed by atoms with Crippen LogP contribution in [0, 0.1) is 6.92 Å². The number of aryl methyl sites for hydroxylation is 1. The molecule has 2 aliphatic rings. The number of hydrogen-bond acceptors (Lipinski definition) is 6. The number of rotatable bonds is 3. The standard InChI is InChI=1S/C19H22N2O6/c1-11-9-21(19(23)20-16(11)22)13-8-14-15(27-18(13)24-2)10-25-17(26-14)12-6-4-3-5-7-12/h3-7,9,13-15,17-18H,8,10H2,1-2H3,(H,20,22,23)/t13-,14-,15+,17?,18?/m0/s1. The summed E-state index contributed by atoms with van der Waals surface area (Å²) >= 11 is 0. The number of nitrogens with one attached hydrogen (secondary N) is 1. The van der Waals surface area contributed by atoms with E-state index in [4.69, 9.17) is 18.9 Å². The fourth-order valence-corrected chi connectivity index (χ4v) is 3.60. The van der Waals surface area contributed by atoms with Gasteiger partial charge in [0.05, 0.1) is 18.8 Å². The van der Waals surface area contributed by atoms with E-state index < -0.39 is 29.9 Å². The zero-order chi connectivity index (χ0) is 19.0. The van der Waals surface area contributed by atoms with Crippen molar-refractivity contribution in [2.45, 2.75) is 44.2 Å². The van der Waals surface area contributed by atoms with E-state index in [1.807, 2.05) is 30.3 Å². The molecule has 0 amide bonds. The van der Waals surface area contributed by atoms with E-state index >= 15 is 0 Å². The summed E-state index contributed by atoms with van der Waals surface area (Å²) in [7, 11) is 1.53. The van der Waals surface area contributed by atoms with Gasteiger partial charge in [0, 0.05) is 30.9 Å². The van der Waals surface area contributed by atoms with Gasteiger partial charge in [-0.2, -0.15) is 0 Å². The van der Waals surface area contributed by atoms with E-state index in [-0.39, 0.29) is 12.2 Å². The minimum absolute atomic E-state index is 0.264. The molecule has 0 bridgehead atoms. The third-order valence-corrected chi connectivity index (χ3v) is 5.03. The first-order valence-electron chi connectivity index (χ1n) is 8.89. The first-order chi connectivity index (χ1) is 13.1. The van der Waals surface area contributed by atoms with Crippen LogP contribution in [0.15, 0.2) is 46.1 Å². The highest BCUT2D eigenvalue weighted by molar-refractivity contribution is 5.16. The molecule has 0 aliphatic carbocycles. The van der Waals surface area contributed by atoms with Gasteiger partial charge in [-0.1, -0.05) is 30.3 Å². The summed E-state index contributed by atoms with van der Waals surface area (Å²) in [5, 5.41) is 0. The lowest BCUT2D eigenvalue weighted by molar-refractivity contribution is -0.323.